The molecule has 1 aromatic carbocycles. The molecule has 2 heterocycles. The van der Waals surface area contributed by atoms with Crippen LogP contribution in [0, 0.1) is 12.7 Å². The first-order chi connectivity index (χ1) is 8.16. The summed E-state index contributed by atoms with van der Waals surface area (Å²) in [6.45, 7) is 1.94. The highest BCUT2D eigenvalue weighted by atomic mass is 32.1. The molecule has 0 spiro atoms. The molecular formula is C12H10FN3S. The first kappa shape index (κ1) is 10.3. The van der Waals surface area contributed by atoms with Gasteiger partial charge in [0, 0.05) is 17.1 Å². The van der Waals surface area contributed by atoms with Gasteiger partial charge in [0.25, 0.3) is 0 Å². The molecule has 0 aliphatic rings. The molecule has 3 aromatic rings. The van der Waals surface area contributed by atoms with E-state index in [4.69, 9.17) is 5.73 Å². The number of nitrogens with two attached hydrogens (primary N) is 1. The molecule has 0 saturated carbocycles. The van der Waals surface area contributed by atoms with E-state index in [0.29, 0.717) is 16.2 Å². The van der Waals surface area contributed by atoms with E-state index in [0.717, 1.165) is 16.5 Å². The summed E-state index contributed by atoms with van der Waals surface area (Å²) in [4.78, 5) is 7.08. The first-order valence-corrected chi connectivity index (χ1v) is 6.01. The third-order valence-corrected chi connectivity index (χ3v) is 3.47. The number of nitrogens with zero attached hydrogens (tertiary/aromatic N) is 1. The van der Waals surface area contributed by atoms with Crippen molar-refractivity contribution in [3.8, 4) is 11.3 Å². The van der Waals surface area contributed by atoms with Gasteiger partial charge < -0.3 is 10.7 Å². The molecule has 0 bridgehead atoms. The molecule has 0 atom stereocenters. The number of benzene rings is 1. The zero-order valence-electron chi connectivity index (χ0n) is 9.12. The molecule has 0 unspecified atom stereocenters. The third-order valence-electron chi connectivity index (χ3n) is 2.82. The second kappa shape index (κ2) is 3.56. The summed E-state index contributed by atoms with van der Waals surface area (Å²) in [5.74, 6) is -0.280. The summed E-state index contributed by atoms with van der Waals surface area (Å²) >= 11 is 1.35. The normalized spacial score (nSPS) is 11.2. The highest BCUT2D eigenvalue weighted by Gasteiger charge is 2.12. The summed E-state index contributed by atoms with van der Waals surface area (Å²) in [6.07, 6.45) is 1.79. The molecule has 86 valence electrons. The lowest BCUT2D eigenvalue weighted by Crippen LogP contribution is -1.88. The van der Waals surface area contributed by atoms with Crippen LogP contribution in [0.25, 0.3) is 22.2 Å². The van der Waals surface area contributed by atoms with E-state index in [1.54, 1.807) is 11.7 Å². The maximum absolute atomic E-state index is 13.9. The van der Waals surface area contributed by atoms with Gasteiger partial charge >= 0.3 is 0 Å². The van der Waals surface area contributed by atoms with Crippen molar-refractivity contribution in [2.45, 2.75) is 6.92 Å². The van der Waals surface area contributed by atoms with Crippen LogP contribution in [0.5, 0.6) is 0 Å². The van der Waals surface area contributed by atoms with Crippen molar-refractivity contribution in [3.05, 3.63) is 35.2 Å². The Kier molecular flexibility index (Phi) is 2.16. The Morgan fingerprint density at radius 2 is 2.24 bits per heavy atom. The van der Waals surface area contributed by atoms with Gasteiger partial charge in [-0.2, -0.15) is 0 Å². The minimum Gasteiger partial charge on any atom is -0.389 e. The van der Waals surface area contributed by atoms with Crippen molar-refractivity contribution >= 4 is 27.2 Å². The van der Waals surface area contributed by atoms with Gasteiger partial charge in [-0.15, -0.1) is 11.3 Å². The van der Waals surface area contributed by atoms with Crippen molar-refractivity contribution in [2.75, 3.05) is 5.73 Å². The van der Waals surface area contributed by atoms with Crippen LogP contribution in [0.4, 0.5) is 9.39 Å². The number of aromatic amines is 1. The molecular weight excluding hydrogens is 237 g/mol. The van der Waals surface area contributed by atoms with Gasteiger partial charge in [0.2, 0.25) is 0 Å². The van der Waals surface area contributed by atoms with E-state index in [1.165, 1.54) is 17.4 Å². The Balaban J connectivity index is 2.32. The highest BCUT2D eigenvalue weighted by Crippen LogP contribution is 2.32. The maximum atomic E-state index is 13.9. The van der Waals surface area contributed by atoms with Crippen LogP contribution in [0.15, 0.2) is 23.8 Å². The number of nitrogens with one attached hydrogen (secondary N) is 1. The van der Waals surface area contributed by atoms with Crippen LogP contribution in [0.3, 0.4) is 0 Å². The summed E-state index contributed by atoms with van der Waals surface area (Å²) in [7, 11) is 0. The lowest BCUT2D eigenvalue weighted by atomic mass is 10.1. The van der Waals surface area contributed by atoms with Gasteiger partial charge in [-0.05, 0) is 24.6 Å². The summed E-state index contributed by atoms with van der Waals surface area (Å²) in [5, 5.41) is 1.48. The predicted octanol–water partition coefficient (Wildman–Crippen LogP) is 3.32. The number of hydrogen-bond donors (Lipinski definition) is 2. The minimum absolute atomic E-state index is 0.280. The van der Waals surface area contributed by atoms with Crippen LogP contribution in [-0.4, -0.2) is 9.97 Å². The molecule has 17 heavy (non-hydrogen) atoms. The Morgan fingerprint density at radius 1 is 1.41 bits per heavy atom. The highest BCUT2D eigenvalue weighted by molar-refractivity contribution is 7.14. The predicted molar refractivity (Wildman–Crippen MR) is 68.5 cm³/mol. The molecule has 0 aliphatic carbocycles. The largest absolute Gasteiger partial charge is 0.389 e. The Bertz CT molecular complexity index is 699. The Hall–Kier alpha value is -1.88. The Morgan fingerprint density at radius 3 is 2.94 bits per heavy atom. The third kappa shape index (κ3) is 1.51. The van der Waals surface area contributed by atoms with Crippen molar-refractivity contribution in [2.24, 2.45) is 0 Å². The number of halogens is 1. The van der Waals surface area contributed by atoms with Gasteiger partial charge in [-0.25, -0.2) is 9.37 Å². The molecule has 0 radical (unpaired) electrons. The van der Waals surface area contributed by atoms with Crippen LogP contribution in [-0.2, 0) is 0 Å². The molecule has 3 nitrogen and oxygen atoms in total. The second-order valence-corrected chi connectivity index (χ2v) is 4.80. The fraction of sp³-hybridized carbons (Fsp3) is 0.0833. The summed E-state index contributed by atoms with van der Waals surface area (Å²) in [5.41, 5.74) is 10.4. The van der Waals surface area contributed by atoms with E-state index in [9.17, 15) is 4.39 Å². The average molecular weight is 247 g/mol. The smallest absolute Gasteiger partial charge is 0.147 e. The molecule has 2 aromatic heterocycles. The lowest BCUT2D eigenvalue weighted by Gasteiger charge is -2.01. The van der Waals surface area contributed by atoms with E-state index in [-0.39, 0.29) is 5.82 Å². The molecule has 0 amide bonds. The maximum Gasteiger partial charge on any atom is 0.147 e. The van der Waals surface area contributed by atoms with Gasteiger partial charge in [0.15, 0.2) is 0 Å². The van der Waals surface area contributed by atoms with Gasteiger partial charge in [0.05, 0.1) is 11.0 Å². The fourth-order valence-electron chi connectivity index (χ4n) is 1.93. The zero-order chi connectivity index (χ0) is 12.0. The van der Waals surface area contributed by atoms with Crippen LogP contribution < -0.4 is 5.73 Å². The van der Waals surface area contributed by atoms with E-state index in [2.05, 4.69) is 9.97 Å². The Labute approximate surface area is 101 Å². The number of aryl methyl sites for hydroxylation is 1. The van der Waals surface area contributed by atoms with Crippen molar-refractivity contribution in [3.63, 3.8) is 0 Å². The summed E-state index contributed by atoms with van der Waals surface area (Å²) in [6, 6.07) is 3.37. The number of rotatable bonds is 1. The molecule has 0 aliphatic heterocycles. The van der Waals surface area contributed by atoms with Crippen molar-refractivity contribution in [1.29, 1.82) is 0 Å². The zero-order valence-corrected chi connectivity index (χ0v) is 9.94. The molecule has 0 fully saturated rings. The van der Waals surface area contributed by atoms with Crippen LogP contribution in [0.1, 0.15) is 5.56 Å². The van der Waals surface area contributed by atoms with Crippen LogP contribution in [0.2, 0.25) is 0 Å². The quantitative estimate of drug-likeness (QED) is 0.693. The van der Waals surface area contributed by atoms with E-state index in [1.807, 2.05) is 13.0 Å². The number of aromatic nitrogens is 2. The minimum atomic E-state index is -0.280. The van der Waals surface area contributed by atoms with Crippen LogP contribution >= 0.6 is 11.3 Å². The SMILES string of the molecule is Cc1c[nH]c2c(F)cc(-c3ncsc3N)cc12. The number of H-pyrrole nitrogens is 1. The van der Waals surface area contributed by atoms with Gasteiger partial charge in [-0.3, -0.25) is 0 Å². The monoisotopic (exact) mass is 247 g/mol. The number of fused-ring (bicyclic) bond motifs is 1. The molecule has 0 saturated heterocycles. The number of anilines is 1. The molecule has 3 rings (SSSR count). The van der Waals surface area contributed by atoms with Gasteiger partial charge in [0.1, 0.15) is 16.5 Å². The second-order valence-electron chi connectivity index (χ2n) is 3.92. The van der Waals surface area contributed by atoms with E-state index < -0.39 is 0 Å². The van der Waals surface area contributed by atoms with Gasteiger partial charge in [-0.1, -0.05) is 0 Å². The number of nitrogen functional groups attached to an aromatic ring is 1. The number of thiazole rings is 1. The fourth-order valence-corrected chi connectivity index (χ4v) is 2.49. The average Bonchev–Trinajstić information content (AvgIpc) is 2.86. The first-order valence-electron chi connectivity index (χ1n) is 5.13. The number of hydrogen-bond acceptors (Lipinski definition) is 3. The summed E-state index contributed by atoms with van der Waals surface area (Å²) < 4.78 is 13.9. The molecule has 3 N–H and O–H groups in total. The van der Waals surface area contributed by atoms with E-state index >= 15 is 0 Å². The van der Waals surface area contributed by atoms with Crippen molar-refractivity contribution in [1.82, 2.24) is 9.97 Å². The topological polar surface area (TPSA) is 54.7 Å². The standard InChI is InChI=1S/C12H10FN3S/c1-6-4-15-11-8(6)2-7(3-9(11)13)10-12(14)17-5-16-10/h2-5,15H,14H2,1H3. The lowest BCUT2D eigenvalue weighted by molar-refractivity contribution is 0.637. The molecule has 5 heteroatoms. The van der Waals surface area contributed by atoms with Crippen molar-refractivity contribution < 1.29 is 4.39 Å².